The molecule has 0 heteroatoms. The molecular formula is C16H18. The average molecular weight is 210 g/mol. The minimum atomic E-state index is 0.428. The summed E-state index contributed by atoms with van der Waals surface area (Å²) in [5, 5.41) is 0. The van der Waals surface area contributed by atoms with Crippen LogP contribution in [0.25, 0.3) is 0 Å². The molecule has 0 fully saturated rings. The molecule has 0 radical (unpaired) electrons. The van der Waals surface area contributed by atoms with E-state index in [0.717, 1.165) is 6.42 Å². The van der Waals surface area contributed by atoms with Crippen molar-refractivity contribution in [2.24, 2.45) is 17.8 Å². The van der Waals surface area contributed by atoms with Gasteiger partial charge in [0.2, 0.25) is 0 Å². The Balaban J connectivity index is 1.96. The Morgan fingerprint density at radius 2 is 1.62 bits per heavy atom. The monoisotopic (exact) mass is 210 g/mol. The molecule has 82 valence electrons. The van der Waals surface area contributed by atoms with Gasteiger partial charge in [-0.2, -0.15) is 0 Å². The summed E-state index contributed by atoms with van der Waals surface area (Å²) in [4.78, 5) is 0. The van der Waals surface area contributed by atoms with Crippen LogP contribution >= 0.6 is 0 Å². The maximum absolute atomic E-state index is 4.20. The van der Waals surface area contributed by atoms with Gasteiger partial charge >= 0.3 is 0 Å². The van der Waals surface area contributed by atoms with Gasteiger partial charge in [0.25, 0.3) is 0 Å². The normalized spacial score (nSPS) is 20.8. The van der Waals surface area contributed by atoms with E-state index in [9.17, 15) is 0 Å². The van der Waals surface area contributed by atoms with Gasteiger partial charge in [-0.25, -0.2) is 0 Å². The van der Waals surface area contributed by atoms with E-state index in [-0.39, 0.29) is 0 Å². The standard InChI is InChI=1S/C16H18/c1-3-14(16-10-6-7-11-16)12-13(2)15-8-4-5-9-15/h3-11,14-16H,1-2,12H2. The van der Waals surface area contributed by atoms with Gasteiger partial charge in [0.15, 0.2) is 0 Å². The first-order chi connectivity index (χ1) is 7.81. The van der Waals surface area contributed by atoms with Gasteiger partial charge in [-0.15, -0.1) is 6.58 Å². The van der Waals surface area contributed by atoms with Crippen LogP contribution in [0.15, 0.2) is 73.4 Å². The molecule has 1 atom stereocenters. The maximum Gasteiger partial charge on any atom is 0.0161 e. The van der Waals surface area contributed by atoms with Gasteiger partial charge in [0, 0.05) is 11.8 Å². The molecule has 0 saturated carbocycles. The highest BCUT2D eigenvalue weighted by Gasteiger charge is 2.18. The molecular weight excluding hydrogens is 192 g/mol. The Morgan fingerprint density at radius 1 is 1.06 bits per heavy atom. The van der Waals surface area contributed by atoms with Crippen molar-refractivity contribution in [2.45, 2.75) is 6.42 Å². The summed E-state index contributed by atoms with van der Waals surface area (Å²) in [5.74, 6) is 1.41. The lowest BCUT2D eigenvalue weighted by Gasteiger charge is -2.20. The summed E-state index contributed by atoms with van der Waals surface area (Å²) in [6.45, 7) is 8.14. The van der Waals surface area contributed by atoms with Crippen molar-refractivity contribution >= 4 is 0 Å². The highest BCUT2D eigenvalue weighted by molar-refractivity contribution is 5.29. The predicted molar refractivity (Wildman–Crippen MR) is 71.0 cm³/mol. The topological polar surface area (TPSA) is 0 Å². The summed E-state index contributed by atoms with van der Waals surface area (Å²) in [5.41, 5.74) is 1.28. The van der Waals surface area contributed by atoms with Crippen molar-refractivity contribution in [2.75, 3.05) is 0 Å². The largest absolute Gasteiger partial charge is 0.103 e. The molecule has 0 nitrogen and oxygen atoms in total. The average Bonchev–Trinajstić information content (AvgIpc) is 2.96. The van der Waals surface area contributed by atoms with E-state index in [1.165, 1.54) is 5.57 Å². The minimum absolute atomic E-state index is 0.428. The number of rotatable bonds is 5. The second kappa shape index (κ2) is 4.98. The Kier molecular flexibility index (Phi) is 3.40. The van der Waals surface area contributed by atoms with Crippen molar-refractivity contribution < 1.29 is 0 Å². The zero-order valence-corrected chi connectivity index (χ0v) is 9.55. The van der Waals surface area contributed by atoms with Crippen LogP contribution in [0, 0.1) is 17.8 Å². The lowest BCUT2D eigenvalue weighted by atomic mass is 9.84. The van der Waals surface area contributed by atoms with Crippen LogP contribution in [0.2, 0.25) is 0 Å². The third-order valence-electron chi connectivity index (χ3n) is 3.29. The summed E-state index contributed by atoms with van der Waals surface area (Å²) < 4.78 is 0. The molecule has 1 unspecified atom stereocenters. The molecule has 2 rings (SSSR count). The fraction of sp³-hybridized carbons (Fsp3) is 0.250. The molecule has 0 bridgehead atoms. The summed E-state index contributed by atoms with van der Waals surface area (Å²) >= 11 is 0. The molecule has 0 aliphatic heterocycles. The Bertz CT molecular complexity index is 366. The fourth-order valence-electron chi connectivity index (χ4n) is 2.25. The smallest absolute Gasteiger partial charge is 0.0161 e. The lowest BCUT2D eigenvalue weighted by molar-refractivity contribution is 0.544. The van der Waals surface area contributed by atoms with E-state index < -0.39 is 0 Å². The fourth-order valence-corrected chi connectivity index (χ4v) is 2.25. The number of hydrogen-bond donors (Lipinski definition) is 0. The molecule has 2 aliphatic carbocycles. The summed E-state index contributed by atoms with van der Waals surface area (Å²) in [6.07, 6.45) is 20.3. The molecule has 0 saturated heterocycles. The Hall–Kier alpha value is -1.56. The first kappa shape index (κ1) is 10.9. The van der Waals surface area contributed by atoms with Crippen molar-refractivity contribution in [3.63, 3.8) is 0 Å². The number of hydrogen-bond acceptors (Lipinski definition) is 0. The van der Waals surface area contributed by atoms with Crippen molar-refractivity contribution in [1.29, 1.82) is 0 Å². The highest BCUT2D eigenvalue weighted by atomic mass is 14.2. The second-order valence-electron chi connectivity index (χ2n) is 4.40. The summed E-state index contributed by atoms with van der Waals surface area (Å²) in [6, 6.07) is 0. The molecule has 0 aromatic heterocycles. The zero-order chi connectivity index (χ0) is 11.4. The van der Waals surface area contributed by atoms with Gasteiger partial charge in [0.05, 0.1) is 0 Å². The Morgan fingerprint density at radius 3 is 2.19 bits per heavy atom. The van der Waals surface area contributed by atoms with Crippen molar-refractivity contribution in [3.8, 4) is 0 Å². The third kappa shape index (κ3) is 2.33. The van der Waals surface area contributed by atoms with E-state index >= 15 is 0 Å². The first-order valence-electron chi connectivity index (χ1n) is 5.81. The SMILES string of the molecule is C=CC(CC(=C)C1C=CC=C1)C1C=CC=C1. The zero-order valence-electron chi connectivity index (χ0n) is 9.55. The third-order valence-corrected chi connectivity index (χ3v) is 3.29. The molecule has 0 amide bonds. The van der Waals surface area contributed by atoms with Gasteiger partial charge in [-0.1, -0.05) is 66.8 Å². The van der Waals surface area contributed by atoms with Crippen molar-refractivity contribution in [1.82, 2.24) is 0 Å². The van der Waals surface area contributed by atoms with Crippen LogP contribution in [0.3, 0.4) is 0 Å². The molecule has 0 spiro atoms. The van der Waals surface area contributed by atoms with Crippen LogP contribution in [-0.4, -0.2) is 0 Å². The van der Waals surface area contributed by atoms with E-state index in [4.69, 9.17) is 0 Å². The van der Waals surface area contributed by atoms with E-state index in [0.29, 0.717) is 17.8 Å². The van der Waals surface area contributed by atoms with Crippen LogP contribution in [0.4, 0.5) is 0 Å². The molecule has 16 heavy (non-hydrogen) atoms. The Labute approximate surface area is 98.1 Å². The predicted octanol–water partition coefficient (Wildman–Crippen LogP) is 4.22. The van der Waals surface area contributed by atoms with Gasteiger partial charge in [-0.05, 0) is 12.3 Å². The maximum atomic E-state index is 4.20. The van der Waals surface area contributed by atoms with Crippen LogP contribution in [0.5, 0.6) is 0 Å². The second-order valence-corrected chi connectivity index (χ2v) is 4.40. The summed E-state index contributed by atoms with van der Waals surface area (Å²) in [7, 11) is 0. The van der Waals surface area contributed by atoms with E-state index in [1.54, 1.807) is 0 Å². The molecule has 0 N–H and O–H groups in total. The minimum Gasteiger partial charge on any atom is -0.103 e. The van der Waals surface area contributed by atoms with Gasteiger partial charge in [-0.3, -0.25) is 0 Å². The van der Waals surface area contributed by atoms with Crippen molar-refractivity contribution in [3.05, 3.63) is 73.4 Å². The quantitative estimate of drug-likeness (QED) is 0.596. The lowest BCUT2D eigenvalue weighted by Crippen LogP contribution is -2.09. The molecule has 0 aromatic carbocycles. The molecule has 2 aliphatic rings. The van der Waals surface area contributed by atoms with Crippen LogP contribution in [-0.2, 0) is 0 Å². The first-order valence-corrected chi connectivity index (χ1v) is 5.81. The molecule has 0 heterocycles. The van der Waals surface area contributed by atoms with Crippen LogP contribution in [0.1, 0.15) is 6.42 Å². The highest BCUT2D eigenvalue weighted by Crippen LogP contribution is 2.30. The number of allylic oxidation sites excluding steroid dienone is 10. The van der Waals surface area contributed by atoms with Gasteiger partial charge < -0.3 is 0 Å². The van der Waals surface area contributed by atoms with E-state index in [2.05, 4.69) is 67.8 Å². The van der Waals surface area contributed by atoms with E-state index in [1.807, 2.05) is 0 Å². The van der Waals surface area contributed by atoms with Gasteiger partial charge in [0.1, 0.15) is 0 Å². The molecule has 0 aromatic rings. The van der Waals surface area contributed by atoms with Crippen LogP contribution < -0.4 is 0 Å².